The molecule has 0 saturated carbocycles. The molecule has 2 aromatic rings. The second kappa shape index (κ2) is 13.2. The molecule has 1 N–H and O–H groups in total. The number of aromatic nitrogens is 1. The zero-order valence-electron chi connectivity index (χ0n) is 21.6. The lowest BCUT2D eigenvalue weighted by Gasteiger charge is -2.20. The second-order valence-electron chi connectivity index (χ2n) is 7.75. The van der Waals surface area contributed by atoms with E-state index in [0.29, 0.717) is 36.3 Å². The number of carbonyl (C=O) groups is 1. The molecule has 9 heteroatoms. The molecule has 0 aliphatic heterocycles. The highest BCUT2D eigenvalue weighted by molar-refractivity contribution is 7.90. The molecule has 0 spiro atoms. The number of esters is 1. The van der Waals surface area contributed by atoms with Gasteiger partial charge in [-0.15, -0.1) is 0 Å². The van der Waals surface area contributed by atoms with Gasteiger partial charge in [0.2, 0.25) is 10.0 Å². The Morgan fingerprint density at radius 2 is 1.79 bits per heavy atom. The Morgan fingerprint density at radius 3 is 2.26 bits per heavy atom. The van der Waals surface area contributed by atoms with E-state index in [2.05, 4.69) is 10.8 Å². The quantitative estimate of drug-likeness (QED) is 0.503. The molecule has 0 unspecified atom stereocenters. The van der Waals surface area contributed by atoms with Gasteiger partial charge in [-0.25, -0.2) is 17.9 Å². The molecule has 188 valence electrons. The van der Waals surface area contributed by atoms with Crippen molar-refractivity contribution in [2.24, 2.45) is 7.05 Å². The van der Waals surface area contributed by atoms with Gasteiger partial charge in [-0.2, -0.15) is 5.26 Å². The van der Waals surface area contributed by atoms with Crippen molar-refractivity contribution in [2.45, 2.75) is 53.2 Å². The molecule has 0 saturated heterocycles. The molecular formula is C25H38N4O4S. The normalized spacial score (nSPS) is 10.9. The van der Waals surface area contributed by atoms with Crippen molar-refractivity contribution in [3.05, 3.63) is 41.2 Å². The van der Waals surface area contributed by atoms with Crippen molar-refractivity contribution in [1.29, 1.82) is 5.26 Å². The number of nitriles is 1. The van der Waals surface area contributed by atoms with Gasteiger partial charge in [0.05, 0.1) is 17.4 Å². The van der Waals surface area contributed by atoms with Crippen LogP contribution in [0.1, 0.15) is 63.3 Å². The molecule has 0 aliphatic rings. The standard InChI is InChI=1S/C23H32N4O4S.C2H6/c1-7-20-19(15-24)21(22(27(20)6)23(28)31-8-2)17-9-11-18(12-10-17)26(5)14-13-25-32(29,30)16(3)4;1-2/h9-12,16,25H,7-8,13-14H2,1-6H3;1-2H3. The van der Waals surface area contributed by atoms with E-state index < -0.39 is 21.2 Å². The third kappa shape index (κ3) is 6.61. The number of benzene rings is 1. The van der Waals surface area contributed by atoms with E-state index in [4.69, 9.17) is 4.74 Å². The van der Waals surface area contributed by atoms with Gasteiger partial charge in [-0.1, -0.05) is 32.9 Å². The molecule has 34 heavy (non-hydrogen) atoms. The van der Waals surface area contributed by atoms with Crippen LogP contribution in [-0.2, 0) is 28.2 Å². The molecule has 0 aliphatic carbocycles. The molecular weight excluding hydrogens is 452 g/mol. The highest BCUT2D eigenvalue weighted by Gasteiger charge is 2.26. The predicted molar refractivity (Wildman–Crippen MR) is 138 cm³/mol. The predicted octanol–water partition coefficient (Wildman–Crippen LogP) is 4.09. The summed E-state index contributed by atoms with van der Waals surface area (Å²) in [5.74, 6) is -0.458. The number of anilines is 1. The monoisotopic (exact) mass is 490 g/mol. The van der Waals surface area contributed by atoms with Crippen molar-refractivity contribution >= 4 is 21.7 Å². The van der Waals surface area contributed by atoms with Crippen molar-refractivity contribution in [3.63, 3.8) is 0 Å². The summed E-state index contributed by atoms with van der Waals surface area (Å²) in [6, 6.07) is 9.76. The summed E-state index contributed by atoms with van der Waals surface area (Å²) in [6.45, 7) is 12.0. The molecule has 1 aromatic carbocycles. The van der Waals surface area contributed by atoms with Crippen LogP contribution < -0.4 is 9.62 Å². The van der Waals surface area contributed by atoms with E-state index in [-0.39, 0.29) is 6.61 Å². The Kier molecular flexibility index (Phi) is 11.3. The Labute approximate surface area is 204 Å². The summed E-state index contributed by atoms with van der Waals surface area (Å²) in [5.41, 5.74) is 3.83. The summed E-state index contributed by atoms with van der Waals surface area (Å²) in [5, 5.41) is 9.33. The fraction of sp³-hybridized carbons (Fsp3) is 0.520. The van der Waals surface area contributed by atoms with E-state index in [1.165, 1.54) is 0 Å². The molecule has 0 bridgehead atoms. The summed E-state index contributed by atoms with van der Waals surface area (Å²) < 4.78 is 33.4. The number of hydrogen-bond donors (Lipinski definition) is 1. The number of sulfonamides is 1. The average Bonchev–Trinajstić information content (AvgIpc) is 3.11. The topological polar surface area (TPSA) is 104 Å². The average molecular weight is 491 g/mol. The fourth-order valence-electron chi connectivity index (χ4n) is 3.52. The maximum atomic E-state index is 12.7. The van der Waals surface area contributed by atoms with Gasteiger partial charge in [0.15, 0.2) is 0 Å². The van der Waals surface area contributed by atoms with Crippen LogP contribution in [0.15, 0.2) is 24.3 Å². The number of likely N-dealkylation sites (N-methyl/N-ethyl adjacent to an activating group) is 1. The van der Waals surface area contributed by atoms with E-state index >= 15 is 0 Å². The van der Waals surface area contributed by atoms with Crippen LogP contribution in [0.25, 0.3) is 11.1 Å². The Morgan fingerprint density at radius 1 is 1.21 bits per heavy atom. The van der Waals surface area contributed by atoms with Crippen molar-refractivity contribution in [3.8, 4) is 17.2 Å². The van der Waals surface area contributed by atoms with E-state index in [1.54, 1.807) is 32.4 Å². The maximum Gasteiger partial charge on any atom is 0.355 e. The zero-order chi connectivity index (χ0) is 26.1. The molecule has 0 radical (unpaired) electrons. The lowest BCUT2D eigenvalue weighted by atomic mass is 9.99. The smallest absolute Gasteiger partial charge is 0.355 e. The minimum Gasteiger partial charge on any atom is -0.461 e. The summed E-state index contributed by atoms with van der Waals surface area (Å²) in [6.07, 6.45) is 0.610. The van der Waals surface area contributed by atoms with Gasteiger partial charge >= 0.3 is 5.97 Å². The summed E-state index contributed by atoms with van der Waals surface area (Å²) in [4.78, 5) is 14.6. The van der Waals surface area contributed by atoms with Crippen LogP contribution in [0.5, 0.6) is 0 Å². The van der Waals surface area contributed by atoms with Gasteiger partial charge < -0.3 is 14.2 Å². The SMILES string of the molecule is CC.CCOC(=O)c1c(-c2ccc(N(C)CCNS(=O)(=O)C(C)C)cc2)c(C#N)c(CC)n1C. The molecule has 0 atom stereocenters. The maximum absolute atomic E-state index is 12.7. The lowest BCUT2D eigenvalue weighted by molar-refractivity contribution is 0.0516. The molecule has 8 nitrogen and oxygen atoms in total. The Bertz CT molecular complexity index is 1100. The number of hydrogen-bond acceptors (Lipinski definition) is 6. The second-order valence-corrected chi connectivity index (χ2v) is 10.1. The minimum atomic E-state index is -3.30. The Balaban J connectivity index is 0.00000281. The third-order valence-electron chi connectivity index (χ3n) is 5.40. The summed E-state index contributed by atoms with van der Waals surface area (Å²) in [7, 11) is 0.348. The Hall–Kier alpha value is -2.83. The first-order chi connectivity index (χ1) is 16.1. The largest absolute Gasteiger partial charge is 0.461 e. The molecule has 0 fully saturated rings. The zero-order valence-corrected chi connectivity index (χ0v) is 22.4. The van der Waals surface area contributed by atoms with Crippen LogP contribution in [0.4, 0.5) is 5.69 Å². The van der Waals surface area contributed by atoms with Crippen LogP contribution >= 0.6 is 0 Å². The van der Waals surface area contributed by atoms with E-state index in [1.807, 2.05) is 57.0 Å². The van der Waals surface area contributed by atoms with Gasteiger partial charge in [-0.3, -0.25) is 0 Å². The fourth-order valence-corrected chi connectivity index (χ4v) is 4.23. The number of rotatable bonds is 10. The van der Waals surface area contributed by atoms with Crippen molar-refractivity contribution in [2.75, 3.05) is 31.6 Å². The van der Waals surface area contributed by atoms with Gasteiger partial charge in [-0.05, 0) is 44.9 Å². The molecule has 1 heterocycles. The van der Waals surface area contributed by atoms with Crippen LogP contribution in [0.3, 0.4) is 0 Å². The first-order valence-corrected chi connectivity index (χ1v) is 13.2. The third-order valence-corrected chi connectivity index (χ3v) is 7.25. The number of nitrogens with zero attached hydrogens (tertiary/aromatic N) is 3. The van der Waals surface area contributed by atoms with E-state index in [9.17, 15) is 18.5 Å². The molecule has 0 amide bonds. The first-order valence-electron chi connectivity index (χ1n) is 11.7. The van der Waals surface area contributed by atoms with Gasteiger partial charge in [0, 0.05) is 44.1 Å². The van der Waals surface area contributed by atoms with Crippen LogP contribution in [0.2, 0.25) is 0 Å². The lowest BCUT2D eigenvalue weighted by Crippen LogP contribution is -2.36. The van der Waals surface area contributed by atoms with Crippen molar-refractivity contribution in [1.82, 2.24) is 9.29 Å². The van der Waals surface area contributed by atoms with E-state index in [0.717, 1.165) is 16.9 Å². The number of ether oxygens (including phenoxy) is 1. The molecule has 1 aromatic heterocycles. The van der Waals surface area contributed by atoms with Gasteiger partial charge in [0.1, 0.15) is 11.8 Å². The highest BCUT2D eigenvalue weighted by Crippen LogP contribution is 2.34. The first kappa shape index (κ1) is 29.2. The van der Waals surface area contributed by atoms with Gasteiger partial charge in [0.25, 0.3) is 0 Å². The van der Waals surface area contributed by atoms with Crippen LogP contribution in [0, 0.1) is 11.3 Å². The summed E-state index contributed by atoms with van der Waals surface area (Å²) >= 11 is 0. The highest BCUT2D eigenvalue weighted by atomic mass is 32.2. The number of nitrogens with one attached hydrogen (secondary N) is 1. The minimum absolute atomic E-state index is 0.247. The van der Waals surface area contributed by atoms with Crippen LogP contribution in [-0.4, -0.2) is 50.9 Å². The van der Waals surface area contributed by atoms with Crippen molar-refractivity contribution < 1.29 is 17.9 Å². The molecule has 2 rings (SSSR count). The number of carbonyl (C=O) groups excluding carboxylic acids is 1.